The van der Waals surface area contributed by atoms with Crippen LogP contribution < -0.4 is 10.1 Å². The smallest absolute Gasteiger partial charge is 0.261 e. The Hall–Kier alpha value is -1.76. The predicted molar refractivity (Wildman–Crippen MR) is 131 cm³/mol. The Bertz CT molecular complexity index is 951. The maximum absolute atomic E-state index is 13.2. The van der Waals surface area contributed by atoms with Crippen molar-refractivity contribution in [3.63, 3.8) is 0 Å². The van der Waals surface area contributed by atoms with Gasteiger partial charge in [0.15, 0.2) is 6.61 Å². The molecule has 1 atom stereocenters. The quantitative estimate of drug-likeness (QED) is 0.445. The summed E-state index contributed by atoms with van der Waals surface area (Å²) in [5.41, 5.74) is 0.765. The van der Waals surface area contributed by atoms with Gasteiger partial charge in [0.1, 0.15) is 11.8 Å². The molecule has 1 fully saturated rings. The summed E-state index contributed by atoms with van der Waals surface area (Å²) in [7, 11) is 0. The zero-order valence-corrected chi connectivity index (χ0v) is 21.0. The van der Waals surface area contributed by atoms with Crippen molar-refractivity contribution in [1.82, 2.24) is 10.2 Å². The molecule has 2 aromatic rings. The monoisotopic (exact) mass is 540 g/mol. The van der Waals surface area contributed by atoms with Gasteiger partial charge >= 0.3 is 0 Å². The van der Waals surface area contributed by atoms with Crippen LogP contribution in [-0.2, 0) is 16.1 Å². The Labute approximate surface area is 207 Å². The van der Waals surface area contributed by atoms with Crippen LogP contribution in [0.5, 0.6) is 5.75 Å². The van der Waals surface area contributed by atoms with Gasteiger partial charge in [0.2, 0.25) is 5.91 Å². The van der Waals surface area contributed by atoms with Gasteiger partial charge in [-0.3, -0.25) is 9.59 Å². The molecule has 2 aromatic carbocycles. The van der Waals surface area contributed by atoms with Crippen molar-refractivity contribution in [3.8, 4) is 5.75 Å². The lowest BCUT2D eigenvalue weighted by Gasteiger charge is -2.31. The summed E-state index contributed by atoms with van der Waals surface area (Å²) in [6.45, 7) is 1.70. The minimum Gasteiger partial charge on any atom is -0.482 e. The summed E-state index contributed by atoms with van der Waals surface area (Å²) in [5.74, 6) is -0.0885. The molecule has 5 nitrogen and oxygen atoms in total. The van der Waals surface area contributed by atoms with E-state index in [4.69, 9.17) is 27.9 Å². The molecule has 172 valence electrons. The van der Waals surface area contributed by atoms with Crippen LogP contribution >= 0.6 is 39.1 Å². The highest BCUT2D eigenvalue weighted by Crippen LogP contribution is 2.28. The van der Waals surface area contributed by atoms with Crippen LogP contribution in [0.2, 0.25) is 10.0 Å². The Morgan fingerprint density at radius 1 is 1.12 bits per heavy atom. The van der Waals surface area contributed by atoms with Crippen molar-refractivity contribution in [2.75, 3.05) is 6.61 Å². The largest absolute Gasteiger partial charge is 0.482 e. The van der Waals surface area contributed by atoms with Crippen LogP contribution in [0.25, 0.3) is 0 Å². The molecule has 1 aliphatic carbocycles. The van der Waals surface area contributed by atoms with E-state index in [0.29, 0.717) is 15.8 Å². The Morgan fingerprint density at radius 3 is 2.53 bits per heavy atom. The third kappa shape index (κ3) is 6.87. The Morgan fingerprint density at radius 2 is 1.84 bits per heavy atom. The highest BCUT2D eigenvalue weighted by Gasteiger charge is 2.29. The number of nitrogens with zero attached hydrogens (tertiary/aromatic N) is 1. The van der Waals surface area contributed by atoms with Crippen LogP contribution in [-0.4, -0.2) is 35.4 Å². The van der Waals surface area contributed by atoms with Crippen LogP contribution in [0.1, 0.15) is 44.6 Å². The van der Waals surface area contributed by atoms with E-state index >= 15 is 0 Å². The molecular formula is C24H27BrCl2N2O3. The minimum absolute atomic E-state index is 0.161. The number of hydrogen-bond donors (Lipinski definition) is 1. The maximum Gasteiger partial charge on any atom is 0.261 e. The molecule has 3 rings (SSSR count). The lowest BCUT2D eigenvalue weighted by molar-refractivity contribution is -0.142. The van der Waals surface area contributed by atoms with E-state index in [0.717, 1.165) is 35.7 Å². The summed E-state index contributed by atoms with van der Waals surface area (Å²) in [4.78, 5) is 27.7. The van der Waals surface area contributed by atoms with E-state index < -0.39 is 6.04 Å². The van der Waals surface area contributed by atoms with E-state index in [9.17, 15) is 9.59 Å². The van der Waals surface area contributed by atoms with Crippen molar-refractivity contribution < 1.29 is 14.3 Å². The molecule has 0 saturated heterocycles. The molecule has 0 aliphatic heterocycles. The Kier molecular flexibility index (Phi) is 9.26. The average molecular weight is 542 g/mol. The molecule has 1 saturated carbocycles. The van der Waals surface area contributed by atoms with E-state index in [-0.39, 0.29) is 31.0 Å². The number of rotatable bonds is 8. The molecule has 0 heterocycles. The number of carbonyl (C=O) groups is 2. The predicted octanol–water partition coefficient (Wildman–Crippen LogP) is 6.00. The van der Waals surface area contributed by atoms with Gasteiger partial charge in [-0.2, -0.15) is 0 Å². The van der Waals surface area contributed by atoms with Gasteiger partial charge in [-0.1, -0.05) is 76.6 Å². The van der Waals surface area contributed by atoms with Crippen LogP contribution in [0, 0.1) is 0 Å². The van der Waals surface area contributed by atoms with E-state index in [1.165, 1.54) is 11.3 Å². The fourth-order valence-electron chi connectivity index (χ4n) is 3.78. The molecule has 32 heavy (non-hydrogen) atoms. The van der Waals surface area contributed by atoms with Gasteiger partial charge in [0.05, 0.1) is 5.02 Å². The molecule has 1 aliphatic rings. The van der Waals surface area contributed by atoms with Crippen LogP contribution in [0.4, 0.5) is 0 Å². The SMILES string of the molecule is C[C@H](C(=O)NC1CCCCC1)N(Cc1ccccc1Cl)C(=O)COc1ccc(Br)cc1Cl. The molecule has 0 spiro atoms. The van der Waals surface area contributed by atoms with E-state index in [1.54, 1.807) is 31.2 Å². The summed E-state index contributed by atoms with van der Waals surface area (Å²) in [6.07, 6.45) is 5.38. The van der Waals surface area contributed by atoms with Gasteiger partial charge in [-0.25, -0.2) is 0 Å². The van der Waals surface area contributed by atoms with Crippen molar-refractivity contribution in [2.24, 2.45) is 0 Å². The van der Waals surface area contributed by atoms with Crippen LogP contribution in [0.3, 0.4) is 0 Å². The van der Waals surface area contributed by atoms with E-state index in [2.05, 4.69) is 21.2 Å². The summed E-state index contributed by atoms with van der Waals surface area (Å²) >= 11 is 15.9. The molecule has 8 heteroatoms. The normalized spacial score (nSPS) is 15.1. The first-order chi connectivity index (χ1) is 15.3. The van der Waals surface area contributed by atoms with Crippen molar-refractivity contribution in [1.29, 1.82) is 0 Å². The number of hydrogen-bond acceptors (Lipinski definition) is 3. The molecule has 0 aromatic heterocycles. The first-order valence-corrected chi connectivity index (χ1v) is 12.3. The lowest BCUT2D eigenvalue weighted by Crippen LogP contribution is -2.51. The van der Waals surface area contributed by atoms with Crippen molar-refractivity contribution in [2.45, 2.75) is 57.7 Å². The van der Waals surface area contributed by atoms with Gasteiger partial charge < -0.3 is 15.0 Å². The highest BCUT2D eigenvalue weighted by molar-refractivity contribution is 9.10. The second kappa shape index (κ2) is 11.9. The third-order valence-electron chi connectivity index (χ3n) is 5.66. The number of ether oxygens (including phenoxy) is 1. The van der Waals surface area contributed by atoms with E-state index in [1.807, 2.05) is 18.2 Å². The summed E-state index contributed by atoms with van der Waals surface area (Å²) in [6, 6.07) is 12.0. The second-order valence-corrected chi connectivity index (χ2v) is 9.73. The fourth-order valence-corrected chi connectivity index (χ4v) is 4.70. The van der Waals surface area contributed by atoms with Gasteiger partial charge in [-0.05, 0) is 49.6 Å². The zero-order chi connectivity index (χ0) is 23.1. The molecule has 0 radical (unpaired) electrons. The Balaban J connectivity index is 1.73. The standard InChI is InChI=1S/C24H27BrCl2N2O3/c1-16(24(31)28-19-8-3-2-4-9-19)29(14-17-7-5-6-10-20(17)26)23(30)15-32-22-12-11-18(25)13-21(22)27/h5-7,10-13,16,19H,2-4,8-9,14-15H2,1H3,(H,28,31)/t16-/m1/s1. The minimum atomic E-state index is -0.676. The van der Waals surface area contributed by atoms with Gasteiger partial charge in [0, 0.05) is 22.1 Å². The number of carbonyl (C=O) groups excluding carboxylic acids is 2. The van der Waals surface area contributed by atoms with Gasteiger partial charge in [-0.15, -0.1) is 0 Å². The number of halogens is 3. The second-order valence-electron chi connectivity index (χ2n) is 8.00. The number of benzene rings is 2. The number of nitrogens with one attached hydrogen (secondary N) is 1. The number of amides is 2. The fraction of sp³-hybridized carbons (Fsp3) is 0.417. The van der Waals surface area contributed by atoms with Crippen LogP contribution in [0.15, 0.2) is 46.9 Å². The molecular weight excluding hydrogens is 515 g/mol. The van der Waals surface area contributed by atoms with Crippen molar-refractivity contribution in [3.05, 3.63) is 62.5 Å². The first kappa shape index (κ1) is 24.9. The molecule has 2 amide bonds. The zero-order valence-electron chi connectivity index (χ0n) is 18.0. The first-order valence-electron chi connectivity index (χ1n) is 10.8. The molecule has 0 bridgehead atoms. The third-order valence-corrected chi connectivity index (χ3v) is 6.82. The summed E-state index contributed by atoms with van der Waals surface area (Å²) in [5, 5.41) is 4.05. The summed E-state index contributed by atoms with van der Waals surface area (Å²) < 4.78 is 6.49. The molecule has 1 N–H and O–H groups in total. The van der Waals surface area contributed by atoms with Gasteiger partial charge in [0.25, 0.3) is 5.91 Å². The lowest BCUT2D eigenvalue weighted by atomic mass is 9.95. The average Bonchev–Trinajstić information content (AvgIpc) is 2.78. The van der Waals surface area contributed by atoms with Crippen molar-refractivity contribution >= 4 is 50.9 Å². The molecule has 0 unspecified atom stereocenters. The maximum atomic E-state index is 13.2. The highest BCUT2D eigenvalue weighted by atomic mass is 79.9. The topological polar surface area (TPSA) is 58.6 Å².